The fraction of sp³-hybridized carbons (Fsp3) is 0.0164. The summed E-state index contributed by atoms with van der Waals surface area (Å²) in [5.74, 6) is 0. The van der Waals surface area contributed by atoms with Crippen LogP contribution in [0.25, 0.3) is 72.0 Å². The van der Waals surface area contributed by atoms with Crippen LogP contribution in [0.2, 0.25) is 0 Å². The Morgan fingerprint density at radius 1 is 0.219 bits per heavy atom. The van der Waals surface area contributed by atoms with Gasteiger partial charge in [-0.2, -0.15) is 0 Å². The molecule has 360 valence electrons. The predicted octanol–water partition coefficient (Wildman–Crippen LogP) is -23.9. The van der Waals surface area contributed by atoms with E-state index in [1.165, 1.54) is 9.47 Å². The van der Waals surface area contributed by atoms with Crippen LogP contribution in [0, 0.1) is 0 Å². The van der Waals surface area contributed by atoms with Crippen molar-refractivity contribution in [2.75, 3.05) is 4.90 Å². The smallest absolute Gasteiger partial charge is 0.115 e. The maximum absolute atomic E-state index is 7.51. The zero-order valence-electron chi connectivity index (χ0n) is 51.0. The second-order valence-corrected chi connectivity index (χ2v) is 23.8. The molecule has 2 aliphatic rings. The zero-order valence-corrected chi connectivity index (χ0v) is 51.0. The van der Waals surface area contributed by atoms with Gasteiger partial charge in [-0.25, -0.2) is 0 Å². The minimum Gasteiger partial charge on any atom is -0.314 e. The average molecular weight is 1120 g/mol. The third-order valence-corrected chi connectivity index (χ3v) is 19.3. The molecule has 0 atom stereocenters. The van der Waals surface area contributed by atoms with Crippen molar-refractivity contribution in [2.24, 2.45) is 0 Å². The van der Waals surface area contributed by atoms with Crippen LogP contribution in [0.5, 0.6) is 0 Å². The molecule has 0 saturated carbocycles. The Bertz CT molecular complexity index is 5280. The Hall–Kier alpha value is -6.06. The summed E-state index contributed by atoms with van der Waals surface area (Å²) in [7, 11) is 229. The van der Waals surface area contributed by atoms with E-state index in [0.29, 0.717) is 50.1 Å². The second kappa shape index (κ2) is 23.3. The summed E-state index contributed by atoms with van der Waals surface area (Å²) in [5, 5.41) is 0.229. The maximum Gasteiger partial charge on any atom is 0.115 e. The first-order chi connectivity index (χ1) is 45.0. The summed E-state index contributed by atoms with van der Waals surface area (Å²) < 4.78 is 1.36. The first kappa shape index (κ1) is 68.5. The van der Waals surface area contributed by atoms with Gasteiger partial charge >= 0.3 is 0 Å². The third kappa shape index (κ3) is 8.54. The molecule has 0 N–H and O–H groups in total. The lowest BCUT2D eigenvalue weighted by Gasteiger charge is -2.40. The Morgan fingerprint density at radius 2 is 0.500 bits per heavy atom. The molecule has 35 heteroatoms. The van der Waals surface area contributed by atoms with Crippen molar-refractivity contribution in [3.8, 4) is 50.2 Å². The van der Waals surface area contributed by atoms with Gasteiger partial charge in [-0.1, -0.05) is 163 Å². The minimum absolute atomic E-state index is 0.00681. The number of fused-ring (bicyclic) bond motifs is 13. The molecule has 2 aliphatic carbocycles. The van der Waals surface area contributed by atoms with Crippen LogP contribution in [0.15, 0.2) is 42.5 Å². The van der Waals surface area contributed by atoms with E-state index >= 15 is 0 Å². The molecule has 96 heavy (non-hydrogen) atoms. The highest BCUT2D eigenvalue weighted by Crippen LogP contribution is 2.62. The lowest BCUT2D eigenvalue weighted by Crippen LogP contribution is -2.57. The van der Waals surface area contributed by atoms with E-state index in [1.807, 2.05) is 30.3 Å². The van der Waals surface area contributed by atoms with Gasteiger partial charge in [-0.3, -0.25) is 0 Å². The lowest BCUT2D eigenvalue weighted by molar-refractivity contribution is 0.806. The van der Waals surface area contributed by atoms with Crippen molar-refractivity contribution in [1.29, 1.82) is 0 Å². The molecule has 13 rings (SSSR count). The molecular formula is C61H7B33N2. The summed E-state index contributed by atoms with van der Waals surface area (Å²) in [6, 6.07) is 12.7. The lowest BCUT2D eigenvalue weighted by atomic mass is 9.56. The highest BCUT2D eigenvalue weighted by molar-refractivity contribution is 6.76. The monoisotopic (exact) mass is 1130 g/mol. The van der Waals surface area contributed by atoms with Gasteiger partial charge in [0.15, 0.2) is 0 Å². The topological polar surface area (TPSA) is 8.17 Å². The van der Waals surface area contributed by atoms with E-state index in [-0.39, 0.29) is 220 Å². The van der Waals surface area contributed by atoms with Gasteiger partial charge in [-0.05, 0) is 77.5 Å². The molecule has 11 aromatic rings. The number of benzene rings is 10. The van der Waals surface area contributed by atoms with Crippen LogP contribution >= 0.6 is 0 Å². The normalized spacial score (nSPS) is 12.6. The number of aromatic nitrogens is 1. The van der Waals surface area contributed by atoms with Crippen molar-refractivity contribution in [2.45, 2.75) is 5.41 Å². The molecule has 66 radical (unpaired) electrons. The van der Waals surface area contributed by atoms with Crippen LogP contribution < -0.4 is 185 Å². The van der Waals surface area contributed by atoms with Crippen LogP contribution in [0.3, 0.4) is 0 Å². The molecular weight excluding hydrogens is 1120 g/mol. The predicted molar refractivity (Wildman–Crippen MR) is 440 cm³/mol. The Morgan fingerprint density at radius 3 is 0.896 bits per heavy atom. The molecule has 1 heterocycles. The van der Waals surface area contributed by atoms with Gasteiger partial charge in [0.05, 0.1) is 5.41 Å². The Balaban J connectivity index is 1.15. The number of rotatable bonds is 6. The van der Waals surface area contributed by atoms with Gasteiger partial charge in [-0.15, -0.1) is 60.1 Å². The zero-order chi connectivity index (χ0) is 70.2. The van der Waals surface area contributed by atoms with Crippen molar-refractivity contribution in [3.05, 3.63) is 64.7 Å². The molecule has 0 amide bonds. The molecule has 10 aromatic carbocycles. The highest BCUT2D eigenvalue weighted by Gasteiger charge is 2.55. The van der Waals surface area contributed by atoms with E-state index in [0.717, 1.165) is 0 Å². The van der Waals surface area contributed by atoms with Gasteiger partial charge in [0, 0.05) is 33.8 Å². The van der Waals surface area contributed by atoms with Crippen molar-refractivity contribution in [3.63, 3.8) is 0 Å². The van der Waals surface area contributed by atoms with Crippen LogP contribution in [-0.2, 0) is 5.41 Å². The van der Waals surface area contributed by atoms with Gasteiger partial charge < -0.3 is 9.47 Å². The molecule has 0 fully saturated rings. The molecule has 1 aromatic heterocycles. The van der Waals surface area contributed by atoms with Gasteiger partial charge in [0.1, 0.15) is 259 Å². The Labute approximate surface area is 603 Å². The summed E-state index contributed by atoms with van der Waals surface area (Å²) in [4.78, 5) is 1.18. The average Bonchev–Trinajstić information content (AvgIpc) is 1.48. The van der Waals surface area contributed by atoms with Gasteiger partial charge in [0.2, 0.25) is 0 Å². The summed E-state index contributed by atoms with van der Waals surface area (Å²) in [6.45, 7) is 0. The SMILES string of the molecule is [B]c1c([B])c([B])c(-c2c([B])c([B])c(N(c3c([B])c([B])c(-c4cccc5c4-c4ccccc4C54c5c([B])c([B])c([B])c([B])c5-c5c([B])c([B])c([B])c([B])c54)c([B])c3[B])c3c([B])c([B])c(-n4c5c([B])c([B])c([B])c([B])c5c5c([B])c([B])c([B])c([B])c54)c([B])c3[B])c([B])c2[B])c([B])c1[B]. The number of hydrogen-bond acceptors (Lipinski definition) is 1. The standard InChI is InChI=1S/C61H7B33N2/c62-22-13(9-5-3-7-11-12(9)8-4-1-2-6-10(8)61(11)20-14(24(64)34(74)40(80)32(20)72)15-21(61)33(73)41(81)35(75)25(15)65)23(63)46(86)57(45(22)85)96(58-47(87)28(68)17(29(69)48(58)88)16-26(66)36(76)42(82)37(77)27(16)67)60-53(93)51(91)59(52(92)54(60)94)95-55-18(30(70)38(78)43(83)49(55)89)19-31(71)39(79)44(84)50(90)56(19)95/h1-7H. The van der Waals surface area contributed by atoms with Crippen LogP contribution in [-0.4, -0.2) is 263 Å². The van der Waals surface area contributed by atoms with E-state index < -0.39 is 27.3 Å². The maximum atomic E-state index is 7.51. The van der Waals surface area contributed by atoms with Crippen molar-refractivity contribution < 1.29 is 0 Å². The summed E-state index contributed by atoms with van der Waals surface area (Å²) in [6.07, 6.45) is 0. The fourth-order valence-electron chi connectivity index (χ4n) is 14.5. The molecule has 0 unspecified atom stereocenters. The summed E-state index contributed by atoms with van der Waals surface area (Å²) >= 11 is 0. The van der Waals surface area contributed by atoms with E-state index in [2.05, 4.69) is 0 Å². The van der Waals surface area contributed by atoms with E-state index in [1.54, 1.807) is 12.1 Å². The number of hydrogen-bond donors (Lipinski definition) is 0. The van der Waals surface area contributed by atoms with Crippen molar-refractivity contribution in [1.82, 2.24) is 4.57 Å². The molecule has 1 spiro atoms. The molecule has 2 nitrogen and oxygen atoms in total. The van der Waals surface area contributed by atoms with Crippen LogP contribution in [0.4, 0.5) is 17.1 Å². The summed E-state index contributed by atoms with van der Waals surface area (Å²) in [5.41, 5.74) is -4.63. The van der Waals surface area contributed by atoms with E-state index in [4.69, 9.17) is 259 Å². The van der Waals surface area contributed by atoms with Gasteiger partial charge in [0.25, 0.3) is 0 Å². The largest absolute Gasteiger partial charge is 0.314 e. The fourth-order valence-corrected chi connectivity index (χ4v) is 14.5. The second-order valence-electron chi connectivity index (χ2n) is 23.8. The number of nitrogens with zero attached hydrogens (tertiary/aromatic N) is 2. The highest BCUT2D eigenvalue weighted by atomic mass is 15.2. The molecule has 0 aliphatic heterocycles. The van der Waals surface area contributed by atoms with E-state index in [9.17, 15) is 0 Å². The number of anilines is 3. The van der Waals surface area contributed by atoms with Crippen LogP contribution in [0.1, 0.15) is 22.3 Å². The molecule has 0 bridgehead atoms. The first-order valence-electron chi connectivity index (χ1n) is 28.7. The minimum atomic E-state index is -1.51. The van der Waals surface area contributed by atoms with Crippen molar-refractivity contribution >= 4 is 478 Å². The quantitative estimate of drug-likeness (QED) is 0.151. The Kier molecular flexibility index (Phi) is 16.6. The third-order valence-electron chi connectivity index (χ3n) is 19.3. The molecule has 0 saturated heterocycles. The first-order valence-corrected chi connectivity index (χ1v) is 28.7.